The topological polar surface area (TPSA) is 86.1 Å². The number of halogens is 1. The second kappa shape index (κ2) is 6.67. The van der Waals surface area contributed by atoms with Crippen molar-refractivity contribution in [3.8, 4) is 5.75 Å². The lowest BCUT2D eigenvalue weighted by Gasteiger charge is -2.08. The van der Waals surface area contributed by atoms with Crippen LogP contribution in [-0.2, 0) is 11.3 Å². The van der Waals surface area contributed by atoms with Gasteiger partial charge in [0.25, 0.3) is 5.56 Å². The predicted molar refractivity (Wildman–Crippen MR) is 90.4 cm³/mol. The molecule has 0 fully saturated rings. The monoisotopic (exact) mass is 344 g/mol. The summed E-state index contributed by atoms with van der Waals surface area (Å²) in [5.74, 6) is 0.0918. The van der Waals surface area contributed by atoms with Crippen LogP contribution >= 0.6 is 11.6 Å². The van der Waals surface area contributed by atoms with Crippen molar-refractivity contribution in [2.45, 2.75) is 6.54 Å². The Bertz CT molecular complexity index is 971. The summed E-state index contributed by atoms with van der Waals surface area (Å²) >= 11 is 6.01. The number of methoxy groups -OCH3 is 1. The summed E-state index contributed by atoms with van der Waals surface area (Å²) in [5.41, 5.74) is 0.609. The number of aromatic nitrogens is 3. The molecule has 1 heterocycles. The molecular weight excluding hydrogens is 332 g/mol. The third kappa shape index (κ3) is 3.21. The third-order valence-corrected chi connectivity index (χ3v) is 3.65. The Labute approximate surface area is 141 Å². The van der Waals surface area contributed by atoms with E-state index < -0.39 is 5.91 Å². The van der Waals surface area contributed by atoms with Gasteiger partial charge < -0.3 is 10.1 Å². The molecule has 7 nitrogen and oxygen atoms in total. The molecule has 3 rings (SSSR count). The fourth-order valence-corrected chi connectivity index (χ4v) is 2.47. The van der Waals surface area contributed by atoms with Crippen LogP contribution in [0, 0.1) is 0 Å². The van der Waals surface area contributed by atoms with E-state index in [2.05, 4.69) is 15.6 Å². The van der Waals surface area contributed by atoms with Crippen LogP contribution in [0.15, 0.2) is 47.3 Å². The summed E-state index contributed by atoms with van der Waals surface area (Å²) in [6, 6.07) is 11.7. The van der Waals surface area contributed by atoms with Crippen molar-refractivity contribution in [3.05, 3.63) is 57.8 Å². The minimum atomic E-state index is -0.414. The number of nitrogens with zero attached hydrogens (tertiary/aromatic N) is 3. The number of amides is 1. The summed E-state index contributed by atoms with van der Waals surface area (Å²) in [6.45, 7) is -0.250. The highest BCUT2D eigenvalue weighted by Crippen LogP contribution is 2.27. The second-order valence-corrected chi connectivity index (χ2v) is 5.37. The Hall–Kier alpha value is -2.93. The quantitative estimate of drug-likeness (QED) is 0.783. The lowest BCUT2D eigenvalue weighted by Crippen LogP contribution is -2.30. The molecule has 2 aromatic carbocycles. The largest absolute Gasteiger partial charge is 0.495 e. The van der Waals surface area contributed by atoms with Crippen molar-refractivity contribution in [1.29, 1.82) is 0 Å². The van der Waals surface area contributed by atoms with Crippen molar-refractivity contribution in [2.24, 2.45) is 0 Å². The number of nitrogens with one attached hydrogen (secondary N) is 1. The molecule has 122 valence electrons. The zero-order valence-corrected chi connectivity index (χ0v) is 13.4. The van der Waals surface area contributed by atoms with Crippen LogP contribution in [0.2, 0.25) is 5.02 Å². The van der Waals surface area contributed by atoms with Gasteiger partial charge >= 0.3 is 0 Å². The number of hydrogen-bond acceptors (Lipinski definition) is 5. The van der Waals surface area contributed by atoms with E-state index in [1.165, 1.54) is 7.11 Å². The molecule has 0 saturated carbocycles. The van der Waals surface area contributed by atoms with E-state index in [0.29, 0.717) is 27.4 Å². The first-order chi connectivity index (χ1) is 11.6. The zero-order chi connectivity index (χ0) is 17.1. The Morgan fingerprint density at radius 1 is 1.29 bits per heavy atom. The number of fused-ring (bicyclic) bond motifs is 1. The minimum Gasteiger partial charge on any atom is -0.495 e. The number of hydrogen-bond donors (Lipinski definition) is 1. The smallest absolute Gasteiger partial charge is 0.278 e. The molecular formula is C16H13ClN4O3. The first-order valence-corrected chi connectivity index (χ1v) is 7.42. The standard InChI is InChI=1S/C16H13ClN4O3/c1-24-14-7-6-10(8-12(14)17)18-15(22)9-21-16(23)11-4-2-3-5-13(11)19-20-21/h2-8H,9H2,1H3,(H,18,22). The maximum atomic E-state index is 12.3. The molecule has 0 aliphatic rings. The van der Waals surface area contributed by atoms with Gasteiger partial charge in [-0.1, -0.05) is 28.9 Å². The van der Waals surface area contributed by atoms with Crippen molar-refractivity contribution < 1.29 is 9.53 Å². The zero-order valence-electron chi connectivity index (χ0n) is 12.7. The molecule has 0 aliphatic carbocycles. The first-order valence-electron chi connectivity index (χ1n) is 7.04. The van der Waals surface area contributed by atoms with E-state index in [1.807, 2.05) is 0 Å². The van der Waals surface area contributed by atoms with Gasteiger partial charge in [0.05, 0.1) is 17.5 Å². The van der Waals surface area contributed by atoms with Gasteiger partial charge in [0.15, 0.2) is 0 Å². The average Bonchev–Trinajstić information content (AvgIpc) is 2.58. The summed E-state index contributed by atoms with van der Waals surface area (Å²) in [5, 5.41) is 11.1. The van der Waals surface area contributed by atoms with E-state index in [9.17, 15) is 9.59 Å². The van der Waals surface area contributed by atoms with Crippen LogP contribution < -0.4 is 15.6 Å². The number of anilines is 1. The highest BCUT2D eigenvalue weighted by Gasteiger charge is 2.10. The van der Waals surface area contributed by atoms with Crippen LogP contribution in [-0.4, -0.2) is 28.0 Å². The molecule has 24 heavy (non-hydrogen) atoms. The molecule has 0 radical (unpaired) electrons. The van der Waals surface area contributed by atoms with Gasteiger partial charge in [0, 0.05) is 5.69 Å². The maximum Gasteiger partial charge on any atom is 0.278 e. The SMILES string of the molecule is COc1ccc(NC(=O)Cn2nnc3ccccc3c2=O)cc1Cl. The normalized spacial score (nSPS) is 10.6. The van der Waals surface area contributed by atoms with Gasteiger partial charge in [-0.3, -0.25) is 9.59 Å². The van der Waals surface area contributed by atoms with E-state index in [4.69, 9.17) is 16.3 Å². The number of carbonyl (C=O) groups is 1. The average molecular weight is 345 g/mol. The fourth-order valence-electron chi connectivity index (χ4n) is 2.21. The van der Waals surface area contributed by atoms with Gasteiger partial charge in [-0.25, -0.2) is 4.68 Å². The Kier molecular flexibility index (Phi) is 4.43. The highest BCUT2D eigenvalue weighted by atomic mass is 35.5. The molecule has 1 amide bonds. The van der Waals surface area contributed by atoms with Crippen LogP contribution in [0.5, 0.6) is 5.75 Å². The lowest BCUT2D eigenvalue weighted by atomic mass is 10.2. The fraction of sp³-hybridized carbons (Fsp3) is 0.125. The minimum absolute atomic E-state index is 0.250. The predicted octanol–water partition coefficient (Wildman–Crippen LogP) is 2.09. The molecule has 0 saturated heterocycles. The van der Waals surface area contributed by atoms with E-state index >= 15 is 0 Å². The molecule has 1 aromatic heterocycles. The Morgan fingerprint density at radius 3 is 2.83 bits per heavy atom. The second-order valence-electron chi connectivity index (χ2n) is 4.97. The molecule has 1 N–H and O–H groups in total. The van der Waals surface area contributed by atoms with Gasteiger partial charge in [0.1, 0.15) is 17.8 Å². The van der Waals surface area contributed by atoms with Crippen LogP contribution in [0.25, 0.3) is 10.9 Å². The molecule has 0 bridgehead atoms. The Morgan fingerprint density at radius 2 is 2.08 bits per heavy atom. The van der Waals surface area contributed by atoms with Crippen LogP contribution in [0.4, 0.5) is 5.69 Å². The molecule has 0 aliphatic heterocycles. The highest BCUT2D eigenvalue weighted by molar-refractivity contribution is 6.32. The summed E-state index contributed by atoms with van der Waals surface area (Å²) in [4.78, 5) is 24.4. The molecule has 0 atom stereocenters. The third-order valence-electron chi connectivity index (χ3n) is 3.36. The van der Waals surface area contributed by atoms with Gasteiger partial charge in [-0.15, -0.1) is 5.10 Å². The van der Waals surface area contributed by atoms with Gasteiger partial charge in [-0.2, -0.15) is 0 Å². The number of benzene rings is 2. The Balaban J connectivity index is 1.79. The van der Waals surface area contributed by atoms with Crippen molar-refractivity contribution in [2.75, 3.05) is 12.4 Å². The van der Waals surface area contributed by atoms with E-state index in [1.54, 1.807) is 42.5 Å². The van der Waals surface area contributed by atoms with Crippen molar-refractivity contribution in [3.63, 3.8) is 0 Å². The number of ether oxygens (including phenoxy) is 1. The molecule has 0 unspecified atom stereocenters. The van der Waals surface area contributed by atoms with Crippen molar-refractivity contribution in [1.82, 2.24) is 15.0 Å². The molecule has 3 aromatic rings. The molecule has 0 spiro atoms. The van der Waals surface area contributed by atoms with E-state index in [0.717, 1.165) is 4.68 Å². The van der Waals surface area contributed by atoms with Gasteiger partial charge in [-0.05, 0) is 30.3 Å². The maximum absolute atomic E-state index is 12.3. The van der Waals surface area contributed by atoms with Crippen LogP contribution in [0.1, 0.15) is 0 Å². The number of carbonyl (C=O) groups excluding carboxylic acids is 1. The first kappa shape index (κ1) is 15.9. The van der Waals surface area contributed by atoms with Gasteiger partial charge in [0.2, 0.25) is 5.91 Å². The van der Waals surface area contributed by atoms with E-state index in [-0.39, 0.29) is 12.1 Å². The van der Waals surface area contributed by atoms with Crippen LogP contribution in [0.3, 0.4) is 0 Å². The summed E-state index contributed by atoms with van der Waals surface area (Å²) in [6.07, 6.45) is 0. The molecule has 8 heteroatoms. The summed E-state index contributed by atoms with van der Waals surface area (Å²) in [7, 11) is 1.50. The van der Waals surface area contributed by atoms with Crippen molar-refractivity contribution >= 4 is 34.1 Å². The lowest BCUT2D eigenvalue weighted by molar-refractivity contribution is -0.117. The summed E-state index contributed by atoms with van der Waals surface area (Å²) < 4.78 is 6.07. The number of rotatable bonds is 4.